The zero-order chi connectivity index (χ0) is 14.2. The van der Waals surface area contributed by atoms with Gasteiger partial charge in [0.1, 0.15) is 12.4 Å². The average molecular weight is 273 g/mol. The highest BCUT2D eigenvalue weighted by atomic mass is 16.5. The summed E-state index contributed by atoms with van der Waals surface area (Å²) >= 11 is 0. The molecule has 1 aliphatic carbocycles. The second-order valence-corrected chi connectivity index (χ2v) is 5.29. The van der Waals surface area contributed by atoms with E-state index in [2.05, 4.69) is 11.9 Å². The van der Waals surface area contributed by atoms with Gasteiger partial charge < -0.3 is 10.1 Å². The molecule has 2 rings (SSSR count). The van der Waals surface area contributed by atoms with Crippen molar-refractivity contribution in [1.29, 1.82) is 0 Å². The average Bonchev–Trinajstić information content (AvgIpc) is 2.74. The first-order valence-electron chi connectivity index (χ1n) is 7.44. The molecule has 1 aromatic carbocycles. The Balaban J connectivity index is 1.89. The van der Waals surface area contributed by atoms with E-state index in [1.165, 1.54) is 25.7 Å². The number of ether oxygens (including phenoxy) is 1. The van der Waals surface area contributed by atoms with Crippen molar-refractivity contribution in [1.82, 2.24) is 5.32 Å². The zero-order valence-electron chi connectivity index (χ0n) is 11.9. The SMILES string of the molecule is C=CCOc1ccc(C(=O)NC2CCCCCC2)cc1. The first kappa shape index (κ1) is 14.6. The van der Waals surface area contributed by atoms with Crippen LogP contribution in [0.2, 0.25) is 0 Å². The maximum Gasteiger partial charge on any atom is 0.251 e. The molecule has 1 fully saturated rings. The van der Waals surface area contributed by atoms with Crippen LogP contribution in [0.4, 0.5) is 0 Å². The molecule has 0 aliphatic heterocycles. The molecule has 0 heterocycles. The topological polar surface area (TPSA) is 38.3 Å². The van der Waals surface area contributed by atoms with Crippen LogP contribution in [0.3, 0.4) is 0 Å². The van der Waals surface area contributed by atoms with Crippen molar-refractivity contribution < 1.29 is 9.53 Å². The van der Waals surface area contributed by atoms with Crippen LogP contribution < -0.4 is 10.1 Å². The lowest BCUT2D eigenvalue weighted by Crippen LogP contribution is -2.34. The molecule has 0 bridgehead atoms. The Kier molecular flexibility index (Phi) is 5.66. The predicted molar refractivity (Wildman–Crippen MR) is 81.1 cm³/mol. The Morgan fingerprint density at radius 2 is 1.85 bits per heavy atom. The van der Waals surface area contributed by atoms with E-state index in [-0.39, 0.29) is 5.91 Å². The van der Waals surface area contributed by atoms with E-state index < -0.39 is 0 Å². The van der Waals surface area contributed by atoms with E-state index >= 15 is 0 Å². The molecule has 0 aromatic heterocycles. The summed E-state index contributed by atoms with van der Waals surface area (Å²) in [5.41, 5.74) is 0.695. The van der Waals surface area contributed by atoms with Crippen LogP contribution >= 0.6 is 0 Å². The lowest BCUT2D eigenvalue weighted by Gasteiger charge is -2.16. The summed E-state index contributed by atoms with van der Waals surface area (Å²) in [7, 11) is 0. The molecule has 3 heteroatoms. The quantitative estimate of drug-likeness (QED) is 0.656. The van der Waals surface area contributed by atoms with Crippen LogP contribution in [0.1, 0.15) is 48.9 Å². The van der Waals surface area contributed by atoms with Crippen LogP contribution in [-0.4, -0.2) is 18.6 Å². The van der Waals surface area contributed by atoms with E-state index in [0.29, 0.717) is 18.2 Å². The molecule has 0 unspecified atom stereocenters. The van der Waals surface area contributed by atoms with Gasteiger partial charge in [0.05, 0.1) is 0 Å². The molecule has 1 saturated carbocycles. The summed E-state index contributed by atoms with van der Waals surface area (Å²) in [6, 6.07) is 7.60. The molecule has 0 spiro atoms. The van der Waals surface area contributed by atoms with Gasteiger partial charge in [0.15, 0.2) is 0 Å². The third-order valence-electron chi connectivity index (χ3n) is 3.67. The fourth-order valence-corrected chi connectivity index (χ4v) is 2.55. The van der Waals surface area contributed by atoms with E-state index in [1.807, 2.05) is 24.3 Å². The smallest absolute Gasteiger partial charge is 0.251 e. The van der Waals surface area contributed by atoms with Crippen molar-refractivity contribution in [3.05, 3.63) is 42.5 Å². The highest BCUT2D eigenvalue weighted by Crippen LogP contribution is 2.18. The van der Waals surface area contributed by atoms with Gasteiger partial charge in [-0.25, -0.2) is 0 Å². The molecule has 3 nitrogen and oxygen atoms in total. The Hall–Kier alpha value is -1.77. The number of benzene rings is 1. The fraction of sp³-hybridized carbons (Fsp3) is 0.471. The molecule has 1 N–H and O–H groups in total. The molecule has 0 atom stereocenters. The summed E-state index contributed by atoms with van der Waals surface area (Å²) in [4.78, 5) is 12.2. The molecule has 1 amide bonds. The summed E-state index contributed by atoms with van der Waals surface area (Å²) in [5, 5.41) is 3.14. The van der Waals surface area contributed by atoms with Crippen LogP contribution in [0.25, 0.3) is 0 Å². The molecule has 1 aromatic rings. The maximum atomic E-state index is 12.2. The van der Waals surface area contributed by atoms with Crippen molar-refractivity contribution in [3.8, 4) is 5.75 Å². The van der Waals surface area contributed by atoms with Gasteiger partial charge in [0, 0.05) is 11.6 Å². The molecular weight excluding hydrogens is 250 g/mol. The van der Waals surface area contributed by atoms with Gasteiger partial charge in [-0.15, -0.1) is 0 Å². The van der Waals surface area contributed by atoms with Gasteiger partial charge >= 0.3 is 0 Å². The molecule has 0 radical (unpaired) electrons. The Morgan fingerprint density at radius 3 is 2.45 bits per heavy atom. The van der Waals surface area contributed by atoms with E-state index in [1.54, 1.807) is 6.08 Å². The summed E-state index contributed by atoms with van der Waals surface area (Å²) in [6.07, 6.45) is 8.94. The molecule has 1 aliphatic rings. The number of amides is 1. The van der Waals surface area contributed by atoms with Crippen LogP contribution in [0.15, 0.2) is 36.9 Å². The molecule has 20 heavy (non-hydrogen) atoms. The van der Waals surface area contributed by atoms with E-state index in [9.17, 15) is 4.79 Å². The number of nitrogens with one attached hydrogen (secondary N) is 1. The van der Waals surface area contributed by atoms with Gasteiger partial charge in [-0.05, 0) is 37.1 Å². The van der Waals surface area contributed by atoms with Crippen LogP contribution in [-0.2, 0) is 0 Å². The first-order chi connectivity index (χ1) is 9.79. The first-order valence-corrected chi connectivity index (χ1v) is 7.44. The standard InChI is InChI=1S/C17H23NO2/c1-2-13-20-16-11-9-14(10-12-16)17(19)18-15-7-5-3-4-6-8-15/h2,9-12,15H,1,3-8,13H2,(H,18,19). The minimum atomic E-state index is 0.0205. The van der Waals surface area contributed by atoms with Crippen molar-refractivity contribution >= 4 is 5.91 Å². The van der Waals surface area contributed by atoms with Crippen LogP contribution in [0.5, 0.6) is 5.75 Å². The van der Waals surface area contributed by atoms with Crippen molar-refractivity contribution in [2.75, 3.05) is 6.61 Å². The highest BCUT2D eigenvalue weighted by Gasteiger charge is 2.15. The summed E-state index contributed by atoms with van der Waals surface area (Å²) < 4.78 is 5.41. The monoisotopic (exact) mass is 273 g/mol. The van der Waals surface area contributed by atoms with Gasteiger partial charge in [-0.3, -0.25) is 4.79 Å². The largest absolute Gasteiger partial charge is 0.490 e. The lowest BCUT2D eigenvalue weighted by molar-refractivity contribution is 0.0933. The fourth-order valence-electron chi connectivity index (χ4n) is 2.55. The minimum absolute atomic E-state index is 0.0205. The van der Waals surface area contributed by atoms with Gasteiger partial charge in [-0.2, -0.15) is 0 Å². The third-order valence-corrected chi connectivity index (χ3v) is 3.67. The lowest BCUT2D eigenvalue weighted by atomic mass is 10.1. The molecule has 0 saturated heterocycles. The minimum Gasteiger partial charge on any atom is -0.490 e. The number of carbonyl (C=O) groups is 1. The van der Waals surface area contributed by atoms with Crippen LogP contribution in [0, 0.1) is 0 Å². The number of hydrogen-bond donors (Lipinski definition) is 1. The zero-order valence-corrected chi connectivity index (χ0v) is 11.9. The van der Waals surface area contributed by atoms with Gasteiger partial charge in [0.25, 0.3) is 5.91 Å². The van der Waals surface area contributed by atoms with Crippen molar-refractivity contribution in [2.24, 2.45) is 0 Å². The second-order valence-electron chi connectivity index (χ2n) is 5.29. The van der Waals surface area contributed by atoms with E-state index in [4.69, 9.17) is 4.74 Å². The van der Waals surface area contributed by atoms with Gasteiger partial charge in [0.2, 0.25) is 0 Å². The van der Waals surface area contributed by atoms with Crippen molar-refractivity contribution in [2.45, 2.75) is 44.6 Å². The van der Waals surface area contributed by atoms with E-state index in [0.717, 1.165) is 18.6 Å². The Bertz CT molecular complexity index is 431. The normalized spacial score (nSPS) is 16.2. The van der Waals surface area contributed by atoms with Crippen molar-refractivity contribution in [3.63, 3.8) is 0 Å². The number of carbonyl (C=O) groups excluding carboxylic acids is 1. The molecule has 108 valence electrons. The number of hydrogen-bond acceptors (Lipinski definition) is 2. The predicted octanol–water partition coefficient (Wildman–Crippen LogP) is 3.70. The Morgan fingerprint density at radius 1 is 1.20 bits per heavy atom. The molecular formula is C17H23NO2. The summed E-state index contributed by atoms with van der Waals surface area (Å²) in [5.74, 6) is 0.781. The summed E-state index contributed by atoms with van der Waals surface area (Å²) in [6.45, 7) is 4.08. The maximum absolute atomic E-state index is 12.2. The van der Waals surface area contributed by atoms with Gasteiger partial charge in [-0.1, -0.05) is 38.3 Å². The number of rotatable bonds is 5. The third kappa shape index (κ3) is 4.41. The second kappa shape index (κ2) is 7.73. The Labute approximate surface area is 121 Å². The highest BCUT2D eigenvalue weighted by molar-refractivity contribution is 5.94.